The molecule has 1 aromatic heterocycles. The molecule has 1 N–H and O–H groups in total. The average Bonchev–Trinajstić information content (AvgIpc) is 2.81. The summed E-state index contributed by atoms with van der Waals surface area (Å²) >= 11 is 0. The summed E-state index contributed by atoms with van der Waals surface area (Å²) in [6.07, 6.45) is 3.69. The van der Waals surface area contributed by atoms with E-state index < -0.39 is 0 Å². The molecule has 0 fully saturated rings. The summed E-state index contributed by atoms with van der Waals surface area (Å²) in [6, 6.07) is 6.56. The van der Waals surface area contributed by atoms with Gasteiger partial charge in [-0.05, 0) is 6.07 Å². The first-order chi connectivity index (χ1) is 7.31. The van der Waals surface area contributed by atoms with Crippen molar-refractivity contribution < 1.29 is 9.59 Å². The van der Waals surface area contributed by atoms with Gasteiger partial charge in [-0.1, -0.05) is 18.2 Å². The molecule has 0 spiro atoms. The van der Waals surface area contributed by atoms with E-state index >= 15 is 0 Å². The van der Waals surface area contributed by atoms with Crippen molar-refractivity contribution in [2.24, 2.45) is 0 Å². The molecule has 74 valence electrons. The molecule has 2 aromatic rings. The molecule has 0 unspecified atom stereocenters. The normalized spacial score (nSPS) is 9.87. The fraction of sp³-hybridized carbons (Fsp3) is 0. The number of carbonyl (C=O) groups excluding carboxylic acids is 2. The van der Waals surface area contributed by atoms with E-state index in [1.54, 1.807) is 24.3 Å². The van der Waals surface area contributed by atoms with Crippen LogP contribution in [0, 0.1) is 0 Å². The summed E-state index contributed by atoms with van der Waals surface area (Å²) in [5.41, 5.74) is 1.46. The molecule has 4 heteroatoms. The first-order valence-corrected chi connectivity index (χ1v) is 4.40. The maximum atomic E-state index is 11.8. The maximum absolute atomic E-state index is 11.8. The minimum absolute atomic E-state index is 0.146. The zero-order chi connectivity index (χ0) is 10.7. The summed E-state index contributed by atoms with van der Waals surface area (Å²) in [5.74, 6) is -0.146. The van der Waals surface area contributed by atoms with E-state index in [9.17, 15) is 9.59 Å². The Balaban J connectivity index is 2.38. The fourth-order valence-electron chi connectivity index (χ4n) is 1.29. The van der Waals surface area contributed by atoms with Gasteiger partial charge in [-0.3, -0.25) is 14.7 Å². The number of aldehydes is 1. The highest BCUT2D eigenvalue weighted by Gasteiger charge is 2.09. The lowest BCUT2D eigenvalue weighted by Crippen LogP contribution is -2.00. The van der Waals surface area contributed by atoms with Crippen molar-refractivity contribution in [1.29, 1.82) is 0 Å². The van der Waals surface area contributed by atoms with Gasteiger partial charge in [-0.2, -0.15) is 5.10 Å². The Hall–Kier alpha value is -2.23. The maximum Gasteiger partial charge on any atom is 0.196 e. The Bertz CT molecular complexity index is 489. The number of hydrogen-bond donors (Lipinski definition) is 1. The Kier molecular flexibility index (Phi) is 2.41. The number of ketones is 1. The van der Waals surface area contributed by atoms with Crippen LogP contribution in [0.15, 0.2) is 36.7 Å². The summed E-state index contributed by atoms with van der Waals surface area (Å²) in [7, 11) is 0. The van der Waals surface area contributed by atoms with Crippen LogP contribution in [0.4, 0.5) is 0 Å². The SMILES string of the molecule is O=Cc1cccc(C(=O)c2cn[nH]c2)c1. The third-order valence-electron chi connectivity index (χ3n) is 2.05. The van der Waals surface area contributed by atoms with Gasteiger partial charge < -0.3 is 0 Å². The second-order valence-corrected chi connectivity index (χ2v) is 3.06. The summed E-state index contributed by atoms with van der Waals surface area (Å²) in [6.45, 7) is 0. The van der Waals surface area contributed by atoms with Crippen molar-refractivity contribution in [1.82, 2.24) is 10.2 Å². The highest BCUT2D eigenvalue weighted by molar-refractivity contribution is 6.09. The Morgan fingerprint density at radius 2 is 2.20 bits per heavy atom. The molecule has 0 saturated carbocycles. The van der Waals surface area contributed by atoms with Crippen LogP contribution >= 0.6 is 0 Å². The van der Waals surface area contributed by atoms with Gasteiger partial charge in [-0.25, -0.2) is 0 Å². The number of rotatable bonds is 3. The van der Waals surface area contributed by atoms with Gasteiger partial charge in [0.1, 0.15) is 6.29 Å². The molecule has 0 bridgehead atoms. The Morgan fingerprint density at radius 1 is 1.33 bits per heavy atom. The van der Waals surface area contributed by atoms with Crippen molar-refractivity contribution in [2.75, 3.05) is 0 Å². The largest absolute Gasteiger partial charge is 0.298 e. The molecule has 0 atom stereocenters. The number of aromatic nitrogens is 2. The molecule has 1 heterocycles. The Labute approximate surface area is 85.9 Å². The van der Waals surface area contributed by atoms with E-state index in [1.807, 2.05) is 0 Å². The highest BCUT2D eigenvalue weighted by atomic mass is 16.1. The monoisotopic (exact) mass is 200 g/mol. The second kappa shape index (κ2) is 3.88. The quantitative estimate of drug-likeness (QED) is 0.602. The first-order valence-electron chi connectivity index (χ1n) is 4.40. The van der Waals surface area contributed by atoms with Crippen molar-refractivity contribution in [3.05, 3.63) is 53.3 Å². The molecule has 2 rings (SSSR count). The summed E-state index contributed by atoms with van der Waals surface area (Å²) < 4.78 is 0. The standard InChI is InChI=1S/C11H8N2O2/c14-7-8-2-1-3-9(4-8)11(15)10-5-12-13-6-10/h1-7H,(H,12,13). The van der Waals surface area contributed by atoms with Crippen molar-refractivity contribution in [3.63, 3.8) is 0 Å². The molecule has 0 radical (unpaired) electrons. The summed E-state index contributed by atoms with van der Waals surface area (Å²) in [5, 5.41) is 6.26. The van der Waals surface area contributed by atoms with Crippen molar-refractivity contribution in [3.8, 4) is 0 Å². The van der Waals surface area contributed by atoms with Crippen molar-refractivity contribution >= 4 is 12.1 Å². The number of H-pyrrole nitrogens is 1. The van der Waals surface area contributed by atoms with E-state index in [0.717, 1.165) is 0 Å². The molecule has 1 aromatic carbocycles. The van der Waals surface area contributed by atoms with Crippen LogP contribution in [0.3, 0.4) is 0 Å². The zero-order valence-corrected chi connectivity index (χ0v) is 7.81. The van der Waals surface area contributed by atoms with Gasteiger partial charge in [0.15, 0.2) is 5.78 Å². The number of nitrogens with one attached hydrogen (secondary N) is 1. The molecule has 0 amide bonds. The minimum Gasteiger partial charge on any atom is -0.298 e. The number of carbonyl (C=O) groups is 2. The Morgan fingerprint density at radius 3 is 2.87 bits per heavy atom. The van der Waals surface area contributed by atoms with Gasteiger partial charge in [0.2, 0.25) is 0 Å². The van der Waals surface area contributed by atoms with Crippen LogP contribution in [0.25, 0.3) is 0 Å². The third kappa shape index (κ3) is 1.83. The second-order valence-electron chi connectivity index (χ2n) is 3.06. The van der Waals surface area contributed by atoms with Crippen LogP contribution in [0.2, 0.25) is 0 Å². The molecule has 0 saturated heterocycles. The van der Waals surface area contributed by atoms with Crippen LogP contribution in [0.1, 0.15) is 26.3 Å². The lowest BCUT2D eigenvalue weighted by Gasteiger charge is -1.98. The smallest absolute Gasteiger partial charge is 0.196 e. The topological polar surface area (TPSA) is 62.8 Å². The fourth-order valence-corrected chi connectivity index (χ4v) is 1.29. The van der Waals surface area contributed by atoms with Crippen LogP contribution in [-0.4, -0.2) is 22.3 Å². The van der Waals surface area contributed by atoms with Gasteiger partial charge in [0.05, 0.1) is 11.8 Å². The van der Waals surface area contributed by atoms with Crippen molar-refractivity contribution in [2.45, 2.75) is 0 Å². The molecule has 15 heavy (non-hydrogen) atoms. The predicted molar refractivity (Wildman–Crippen MR) is 53.8 cm³/mol. The molecular formula is C11H8N2O2. The number of nitrogens with zero attached hydrogens (tertiary/aromatic N) is 1. The molecule has 4 nitrogen and oxygen atoms in total. The number of benzene rings is 1. The summed E-state index contributed by atoms with van der Waals surface area (Å²) in [4.78, 5) is 22.3. The highest BCUT2D eigenvalue weighted by Crippen LogP contribution is 2.09. The van der Waals surface area contributed by atoms with E-state index in [2.05, 4.69) is 10.2 Å². The molecular weight excluding hydrogens is 192 g/mol. The predicted octanol–water partition coefficient (Wildman–Crippen LogP) is 1.45. The van der Waals surface area contributed by atoms with Gasteiger partial charge >= 0.3 is 0 Å². The van der Waals surface area contributed by atoms with Gasteiger partial charge in [-0.15, -0.1) is 0 Å². The molecule has 0 aliphatic heterocycles. The number of hydrogen-bond acceptors (Lipinski definition) is 3. The van der Waals surface area contributed by atoms with Crippen LogP contribution in [-0.2, 0) is 0 Å². The van der Waals surface area contributed by atoms with E-state index in [-0.39, 0.29) is 5.78 Å². The van der Waals surface area contributed by atoms with Crippen LogP contribution < -0.4 is 0 Å². The lowest BCUT2D eigenvalue weighted by atomic mass is 10.0. The minimum atomic E-state index is -0.146. The van der Waals surface area contributed by atoms with E-state index in [0.29, 0.717) is 23.0 Å². The average molecular weight is 200 g/mol. The van der Waals surface area contributed by atoms with E-state index in [4.69, 9.17) is 0 Å². The van der Waals surface area contributed by atoms with E-state index in [1.165, 1.54) is 12.4 Å². The van der Waals surface area contributed by atoms with Gasteiger partial charge in [0.25, 0.3) is 0 Å². The third-order valence-corrected chi connectivity index (χ3v) is 2.05. The zero-order valence-electron chi connectivity index (χ0n) is 7.81. The molecule has 0 aliphatic rings. The number of aromatic amines is 1. The van der Waals surface area contributed by atoms with Gasteiger partial charge in [0, 0.05) is 17.3 Å². The first kappa shape index (κ1) is 9.33. The van der Waals surface area contributed by atoms with Crippen LogP contribution in [0.5, 0.6) is 0 Å². The lowest BCUT2D eigenvalue weighted by molar-refractivity contribution is 0.103. The molecule has 0 aliphatic carbocycles.